The molecule has 2 nitrogen and oxygen atoms in total. The number of hydrogen-bond acceptors (Lipinski definition) is 2. The van der Waals surface area contributed by atoms with Crippen molar-refractivity contribution in [3.63, 3.8) is 0 Å². The van der Waals surface area contributed by atoms with Crippen molar-refractivity contribution in [1.82, 2.24) is 4.90 Å². The van der Waals surface area contributed by atoms with Crippen LogP contribution in [0.5, 0.6) is 5.75 Å². The van der Waals surface area contributed by atoms with Crippen LogP contribution >= 0.6 is 12.4 Å². The summed E-state index contributed by atoms with van der Waals surface area (Å²) in [5.41, 5.74) is 3.08. The van der Waals surface area contributed by atoms with Gasteiger partial charge in [-0.05, 0) is 74.4 Å². The first-order chi connectivity index (χ1) is 10.8. The molecule has 2 aliphatic rings. The molecule has 0 saturated heterocycles. The van der Waals surface area contributed by atoms with Gasteiger partial charge in [0.15, 0.2) is 0 Å². The summed E-state index contributed by atoms with van der Waals surface area (Å²) < 4.78 is 5.38. The van der Waals surface area contributed by atoms with Gasteiger partial charge >= 0.3 is 0 Å². The minimum atomic E-state index is 0. The molecule has 1 saturated carbocycles. The summed E-state index contributed by atoms with van der Waals surface area (Å²) in [7, 11) is 4.07. The van der Waals surface area contributed by atoms with Crippen molar-refractivity contribution >= 4 is 12.4 Å². The average Bonchev–Trinajstić information content (AvgIpc) is 3.06. The molecular formula is C20H32ClNO. The molecule has 0 radical (unpaired) electrons. The van der Waals surface area contributed by atoms with E-state index in [9.17, 15) is 0 Å². The zero-order valence-electron chi connectivity index (χ0n) is 14.7. The first kappa shape index (κ1) is 18.6. The Morgan fingerprint density at radius 3 is 2.65 bits per heavy atom. The highest BCUT2D eigenvalue weighted by molar-refractivity contribution is 5.85. The number of halogens is 1. The minimum absolute atomic E-state index is 0. The summed E-state index contributed by atoms with van der Waals surface area (Å²) in [4.78, 5) is 2.57. The highest BCUT2D eigenvalue weighted by atomic mass is 35.5. The van der Waals surface area contributed by atoms with Crippen LogP contribution in [0.4, 0.5) is 0 Å². The van der Waals surface area contributed by atoms with Crippen LogP contribution in [0.25, 0.3) is 0 Å². The highest BCUT2D eigenvalue weighted by Gasteiger charge is 2.22. The molecule has 0 aromatic heterocycles. The zero-order chi connectivity index (χ0) is 15.4. The van der Waals surface area contributed by atoms with Crippen LogP contribution in [-0.4, -0.2) is 32.1 Å². The number of aryl methyl sites for hydroxylation is 1. The van der Waals surface area contributed by atoms with Gasteiger partial charge in [0.05, 0.1) is 7.11 Å². The van der Waals surface area contributed by atoms with Crippen molar-refractivity contribution in [2.75, 3.05) is 27.2 Å². The molecule has 1 aromatic rings. The molecule has 0 spiro atoms. The predicted molar refractivity (Wildman–Crippen MR) is 100.0 cm³/mol. The Bertz CT molecular complexity index is 485. The molecule has 2 aliphatic carbocycles. The van der Waals surface area contributed by atoms with Crippen LogP contribution < -0.4 is 4.74 Å². The fourth-order valence-electron chi connectivity index (χ4n) is 4.38. The molecular weight excluding hydrogens is 306 g/mol. The Balaban J connectivity index is 0.00000192. The Kier molecular flexibility index (Phi) is 7.23. The van der Waals surface area contributed by atoms with Crippen molar-refractivity contribution in [2.45, 2.75) is 57.3 Å². The molecule has 0 bridgehead atoms. The average molecular weight is 338 g/mol. The van der Waals surface area contributed by atoms with Crippen LogP contribution in [0.15, 0.2) is 18.2 Å². The van der Waals surface area contributed by atoms with Crippen LogP contribution in [0.3, 0.4) is 0 Å². The van der Waals surface area contributed by atoms with Gasteiger partial charge < -0.3 is 9.64 Å². The highest BCUT2D eigenvalue weighted by Crippen LogP contribution is 2.34. The van der Waals surface area contributed by atoms with E-state index < -0.39 is 0 Å². The minimum Gasteiger partial charge on any atom is -0.497 e. The van der Waals surface area contributed by atoms with Gasteiger partial charge in [-0.25, -0.2) is 0 Å². The number of ether oxygens (including phenoxy) is 1. The normalized spacial score (nSPS) is 21.1. The second kappa shape index (κ2) is 8.94. The number of likely N-dealkylation sites (N-methyl/N-ethyl adjacent to an activating group) is 1. The van der Waals surface area contributed by atoms with Crippen molar-refractivity contribution in [1.29, 1.82) is 0 Å². The summed E-state index contributed by atoms with van der Waals surface area (Å²) in [5.74, 6) is 2.72. The van der Waals surface area contributed by atoms with E-state index in [1.54, 1.807) is 12.7 Å². The molecule has 0 heterocycles. The third kappa shape index (κ3) is 4.87. The summed E-state index contributed by atoms with van der Waals surface area (Å²) in [6.07, 6.45) is 11.2. The lowest BCUT2D eigenvalue weighted by Gasteiger charge is -2.30. The number of nitrogens with zero attached hydrogens (tertiary/aromatic N) is 1. The molecule has 3 rings (SSSR count). The van der Waals surface area contributed by atoms with Crippen LogP contribution in [0.2, 0.25) is 0 Å². The van der Waals surface area contributed by atoms with Gasteiger partial charge in [0.25, 0.3) is 0 Å². The Morgan fingerprint density at radius 1 is 1.13 bits per heavy atom. The molecule has 130 valence electrons. The maximum Gasteiger partial charge on any atom is 0.119 e. The summed E-state index contributed by atoms with van der Waals surface area (Å²) >= 11 is 0. The molecule has 1 aromatic carbocycles. The van der Waals surface area contributed by atoms with Crippen molar-refractivity contribution < 1.29 is 4.74 Å². The lowest BCUT2D eigenvalue weighted by molar-refractivity contribution is 0.274. The predicted octanol–water partition coefficient (Wildman–Crippen LogP) is 5.05. The van der Waals surface area contributed by atoms with E-state index in [4.69, 9.17) is 4.74 Å². The third-order valence-corrected chi connectivity index (χ3v) is 5.71. The van der Waals surface area contributed by atoms with Crippen LogP contribution in [-0.2, 0) is 6.42 Å². The molecule has 0 N–H and O–H groups in total. The molecule has 1 unspecified atom stereocenters. The van der Waals surface area contributed by atoms with Gasteiger partial charge in [0.2, 0.25) is 0 Å². The first-order valence-electron chi connectivity index (χ1n) is 9.11. The van der Waals surface area contributed by atoms with E-state index >= 15 is 0 Å². The Morgan fingerprint density at radius 2 is 1.91 bits per heavy atom. The smallest absolute Gasteiger partial charge is 0.119 e. The second-order valence-corrected chi connectivity index (χ2v) is 7.36. The van der Waals surface area contributed by atoms with E-state index in [0.717, 1.165) is 11.7 Å². The third-order valence-electron chi connectivity index (χ3n) is 5.71. The molecule has 3 heteroatoms. The van der Waals surface area contributed by atoms with Crippen LogP contribution in [0.1, 0.15) is 62.0 Å². The van der Waals surface area contributed by atoms with Gasteiger partial charge in [-0.15, -0.1) is 12.4 Å². The van der Waals surface area contributed by atoms with Gasteiger partial charge in [-0.1, -0.05) is 31.7 Å². The fourth-order valence-corrected chi connectivity index (χ4v) is 4.38. The van der Waals surface area contributed by atoms with E-state index in [-0.39, 0.29) is 12.4 Å². The molecule has 1 fully saturated rings. The zero-order valence-corrected chi connectivity index (χ0v) is 15.5. The van der Waals surface area contributed by atoms with Crippen LogP contribution in [0, 0.1) is 5.92 Å². The van der Waals surface area contributed by atoms with Crippen molar-refractivity contribution in [3.05, 3.63) is 29.3 Å². The van der Waals surface area contributed by atoms with E-state index in [0.29, 0.717) is 5.92 Å². The van der Waals surface area contributed by atoms with E-state index in [1.165, 1.54) is 70.0 Å². The van der Waals surface area contributed by atoms with Crippen molar-refractivity contribution in [3.8, 4) is 5.75 Å². The Labute approximate surface area is 148 Å². The summed E-state index contributed by atoms with van der Waals surface area (Å²) in [6, 6.07) is 6.69. The van der Waals surface area contributed by atoms with Gasteiger partial charge in [0.1, 0.15) is 5.75 Å². The number of benzene rings is 1. The number of rotatable bonds is 6. The standard InChI is InChI=1S/C20H31NO.ClH/c1-21(13-12-16-6-3-4-7-16)15-18-9-5-8-17-14-19(22-2)10-11-20(17)18;/h10-11,14,16,18H,3-9,12-13,15H2,1-2H3;1H. The summed E-state index contributed by atoms with van der Waals surface area (Å²) in [5, 5.41) is 0. The molecule has 0 aliphatic heterocycles. The Hall–Kier alpha value is -0.730. The SMILES string of the molecule is COc1ccc2c(c1)CCCC2CN(C)CCC1CCCC1.Cl. The topological polar surface area (TPSA) is 12.5 Å². The van der Waals surface area contributed by atoms with E-state index in [1.807, 2.05) is 0 Å². The molecule has 0 amide bonds. The lowest BCUT2D eigenvalue weighted by Crippen LogP contribution is -2.28. The lowest BCUT2D eigenvalue weighted by atomic mass is 9.82. The van der Waals surface area contributed by atoms with Gasteiger partial charge in [0, 0.05) is 6.54 Å². The number of fused-ring (bicyclic) bond motifs is 1. The summed E-state index contributed by atoms with van der Waals surface area (Å²) in [6.45, 7) is 2.48. The quantitative estimate of drug-likeness (QED) is 0.720. The molecule has 1 atom stereocenters. The maximum absolute atomic E-state index is 5.38. The number of methoxy groups -OCH3 is 1. The van der Waals surface area contributed by atoms with Gasteiger partial charge in [-0.2, -0.15) is 0 Å². The van der Waals surface area contributed by atoms with Crippen molar-refractivity contribution in [2.24, 2.45) is 5.92 Å². The second-order valence-electron chi connectivity index (χ2n) is 7.36. The maximum atomic E-state index is 5.38. The van der Waals surface area contributed by atoms with E-state index in [2.05, 4.69) is 30.1 Å². The first-order valence-corrected chi connectivity index (χ1v) is 9.11. The van der Waals surface area contributed by atoms with Gasteiger partial charge in [-0.3, -0.25) is 0 Å². The monoisotopic (exact) mass is 337 g/mol. The number of hydrogen-bond donors (Lipinski definition) is 0. The fraction of sp³-hybridized carbons (Fsp3) is 0.700. The molecule has 23 heavy (non-hydrogen) atoms. The largest absolute Gasteiger partial charge is 0.497 e.